The average molecular weight is 370 g/mol. The average Bonchev–Trinajstić information content (AvgIpc) is 3.08. The van der Waals surface area contributed by atoms with Crippen LogP contribution in [0.15, 0.2) is 64.2 Å². The molecule has 6 heteroatoms. The molecule has 0 aliphatic heterocycles. The fourth-order valence-corrected chi connectivity index (χ4v) is 3.39. The molecular formula is C20H19FN2O2S. The van der Waals surface area contributed by atoms with E-state index in [4.69, 9.17) is 4.42 Å². The number of halogens is 1. The van der Waals surface area contributed by atoms with Crippen LogP contribution >= 0.6 is 11.8 Å². The van der Waals surface area contributed by atoms with Crippen molar-refractivity contribution < 1.29 is 13.6 Å². The molecule has 0 bridgehead atoms. The molecule has 1 amide bonds. The SMILES string of the molecule is Cc1ccc(C(C)NC(=O)c2cccnc2SCc2ccc(F)cc2)o1. The Balaban J connectivity index is 1.69. The van der Waals surface area contributed by atoms with E-state index in [2.05, 4.69) is 10.3 Å². The van der Waals surface area contributed by atoms with Crippen LogP contribution in [-0.4, -0.2) is 10.9 Å². The predicted molar refractivity (Wildman–Crippen MR) is 99.5 cm³/mol. The molecule has 3 aromatic rings. The van der Waals surface area contributed by atoms with Crippen molar-refractivity contribution in [3.63, 3.8) is 0 Å². The van der Waals surface area contributed by atoms with Crippen LogP contribution in [0.5, 0.6) is 0 Å². The third-order valence-corrected chi connectivity index (χ3v) is 4.92. The summed E-state index contributed by atoms with van der Waals surface area (Å²) in [6.07, 6.45) is 1.66. The smallest absolute Gasteiger partial charge is 0.254 e. The Kier molecular flexibility index (Phi) is 5.73. The van der Waals surface area contributed by atoms with Crippen LogP contribution in [-0.2, 0) is 5.75 Å². The minimum Gasteiger partial charge on any atom is -0.464 e. The summed E-state index contributed by atoms with van der Waals surface area (Å²) in [6.45, 7) is 3.74. The van der Waals surface area contributed by atoms with Crippen molar-refractivity contribution in [3.8, 4) is 0 Å². The van der Waals surface area contributed by atoms with Crippen molar-refractivity contribution >= 4 is 17.7 Å². The normalized spacial score (nSPS) is 12.0. The first-order valence-electron chi connectivity index (χ1n) is 8.22. The number of pyridine rings is 1. The van der Waals surface area contributed by atoms with E-state index in [1.54, 1.807) is 30.5 Å². The van der Waals surface area contributed by atoms with E-state index in [1.807, 2.05) is 26.0 Å². The number of hydrogen-bond acceptors (Lipinski definition) is 4. The van der Waals surface area contributed by atoms with Gasteiger partial charge in [0, 0.05) is 11.9 Å². The number of furan rings is 1. The van der Waals surface area contributed by atoms with E-state index >= 15 is 0 Å². The zero-order chi connectivity index (χ0) is 18.5. The van der Waals surface area contributed by atoms with E-state index in [0.717, 1.165) is 11.3 Å². The molecule has 1 N–H and O–H groups in total. The molecule has 1 atom stereocenters. The van der Waals surface area contributed by atoms with Gasteiger partial charge in [0.15, 0.2) is 0 Å². The summed E-state index contributed by atoms with van der Waals surface area (Å²) >= 11 is 1.44. The van der Waals surface area contributed by atoms with E-state index in [0.29, 0.717) is 22.1 Å². The van der Waals surface area contributed by atoms with Gasteiger partial charge < -0.3 is 9.73 Å². The summed E-state index contributed by atoms with van der Waals surface area (Å²) in [5, 5.41) is 3.57. The number of rotatable bonds is 6. The first-order chi connectivity index (χ1) is 12.5. The van der Waals surface area contributed by atoms with Gasteiger partial charge in [-0.05, 0) is 55.8 Å². The second-order valence-corrected chi connectivity index (χ2v) is 6.88. The number of amides is 1. The molecule has 0 fully saturated rings. The first-order valence-corrected chi connectivity index (χ1v) is 9.21. The second kappa shape index (κ2) is 8.19. The molecule has 1 unspecified atom stereocenters. The number of nitrogens with one attached hydrogen (secondary N) is 1. The van der Waals surface area contributed by atoms with Crippen molar-refractivity contribution in [2.75, 3.05) is 0 Å². The van der Waals surface area contributed by atoms with Crippen LogP contribution in [0.2, 0.25) is 0 Å². The molecule has 0 spiro atoms. The molecule has 0 saturated carbocycles. The van der Waals surface area contributed by atoms with Crippen LogP contribution in [0.1, 0.15) is 40.4 Å². The lowest BCUT2D eigenvalue weighted by Gasteiger charge is -2.13. The summed E-state index contributed by atoms with van der Waals surface area (Å²) in [6, 6.07) is 13.3. The van der Waals surface area contributed by atoms with Gasteiger partial charge in [-0.25, -0.2) is 9.37 Å². The Morgan fingerprint density at radius 3 is 2.69 bits per heavy atom. The zero-order valence-corrected chi connectivity index (χ0v) is 15.3. The van der Waals surface area contributed by atoms with E-state index in [9.17, 15) is 9.18 Å². The maximum absolute atomic E-state index is 13.0. The number of thioether (sulfide) groups is 1. The van der Waals surface area contributed by atoms with Crippen LogP contribution < -0.4 is 5.32 Å². The number of carbonyl (C=O) groups excluding carboxylic acids is 1. The molecule has 0 saturated heterocycles. The number of aryl methyl sites for hydroxylation is 1. The Labute approximate surface area is 155 Å². The standard InChI is InChI=1S/C20H19FN2O2S/c1-13-5-10-18(25-13)14(2)23-19(24)17-4-3-11-22-20(17)26-12-15-6-8-16(21)9-7-15/h3-11,14H,12H2,1-2H3,(H,23,24). The van der Waals surface area contributed by atoms with Crippen molar-refractivity contribution in [2.24, 2.45) is 0 Å². The molecule has 0 radical (unpaired) electrons. The van der Waals surface area contributed by atoms with Gasteiger partial charge in [0.05, 0.1) is 11.6 Å². The Bertz CT molecular complexity index is 893. The van der Waals surface area contributed by atoms with Crippen LogP contribution in [0.4, 0.5) is 4.39 Å². The zero-order valence-electron chi connectivity index (χ0n) is 14.5. The maximum Gasteiger partial charge on any atom is 0.254 e. The molecule has 3 rings (SSSR count). The predicted octanol–water partition coefficient (Wildman–Crippen LogP) is 4.91. The van der Waals surface area contributed by atoms with Crippen molar-refractivity contribution in [3.05, 3.63) is 83.2 Å². The molecule has 26 heavy (non-hydrogen) atoms. The lowest BCUT2D eigenvalue weighted by Crippen LogP contribution is -2.27. The van der Waals surface area contributed by atoms with Gasteiger partial charge in [-0.15, -0.1) is 11.8 Å². The van der Waals surface area contributed by atoms with Gasteiger partial charge >= 0.3 is 0 Å². The minimum absolute atomic E-state index is 0.207. The van der Waals surface area contributed by atoms with Gasteiger partial charge in [0.1, 0.15) is 22.4 Å². The second-order valence-electron chi connectivity index (χ2n) is 5.91. The Hall–Kier alpha value is -2.60. The number of hydrogen-bond donors (Lipinski definition) is 1. The van der Waals surface area contributed by atoms with Gasteiger partial charge in [-0.1, -0.05) is 12.1 Å². The summed E-state index contributed by atoms with van der Waals surface area (Å²) in [7, 11) is 0. The van der Waals surface area contributed by atoms with Crippen LogP contribution in [0.25, 0.3) is 0 Å². The molecule has 134 valence electrons. The number of nitrogens with zero attached hydrogens (tertiary/aromatic N) is 1. The van der Waals surface area contributed by atoms with Gasteiger partial charge in [-0.3, -0.25) is 4.79 Å². The molecule has 1 aromatic carbocycles. The van der Waals surface area contributed by atoms with Crippen molar-refractivity contribution in [2.45, 2.75) is 30.7 Å². The van der Waals surface area contributed by atoms with Crippen LogP contribution in [0.3, 0.4) is 0 Å². The van der Waals surface area contributed by atoms with E-state index in [-0.39, 0.29) is 17.8 Å². The highest BCUT2D eigenvalue weighted by atomic mass is 32.2. The minimum atomic E-state index is -0.265. The highest BCUT2D eigenvalue weighted by Crippen LogP contribution is 2.25. The van der Waals surface area contributed by atoms with Crippen molar-refractivity contribution in [1.29, 1.82) is 0 Å². The largest absolute Gasteiger partial charge is 0.464 e. The van der Waals surface area contributed by atoms with Gasteiger partial charge in [-0.2, -0.15) is 0 Å². The topological polar surface area (TPSA) is 55.1 Å². The molecular weight excluding hydrogens is 351 g/mol. The highest BCUT2D eigenvalue weighted by Gasteiger charge is 2.17. The molecule has 4 nitrogen and oxygen atoms in total. The van der Waals surface area contributed by atoms with E-state index < -0.39 is 0 Å². The highest BCUT2D eigenvalue weighted by molar-refractivity contribution is 7.98. The van der Waals surface area contributed by atoms with Crippen LogP contribution in [0, 0.1) is 12.7 Å². The number of aromatic nitrogens is 1. The molecule has 2 aromatic heterocycles. The maximum atomic E-state index is 13.0. The summed E-state index contributed by atoms with van der Waals surface area (Å²) in [5.74, 6) is 1.64. The molecule has 0 aliphatic carbocycles. The lowest BCUT2D eigenvalue weighted by atomic mass is 10.2. The van der Waals surface area contributed by atoms with Gasteiger partial charge in [0.2, 0.25) is 0 Å². The summed E-state index contributed by atoms with van der Waals surface area (Å²) in [4.78, 5) is 17.0. The lowest BCUT2D eigenvalue weighted by molar-refractivity contribution is 0.0931. The first kappa shape index (κ1) is 18.2. The van der Waals surface area contributed by atoms with Gasteiger partial charge in [0.25, 0.3) is 5.91 Å². The quantitative estimate of drug-likeness (QED) is 0.627. The fourth-order valence-electron chi connectivity index (χ4n) is 2.44. The third-order valence-electron chi connectivity index (χ3n) is 3.84. The third kappa shape index (κ3) is 4.52. The molecule has 0 aliphatic rings. The summed E-state index contributed by atoms with van der Waals surface area (Å²) in [5.41, 5.74) is 1.47. The van der Waals surface area contributed by atoms with Crippen molar-refractivity contribution in [1.82, 2.24) is 10.3 Å². The summed E-state index contributed by atoms with van der Waals surface area (Å²) < 4.78 is 18.6. The Morgan fingerprint density at radius 2 is 2.00 bits per heavy atom. The fraction of sp³-hybridized carbons (Fsp3) is 0.200. The monoisotopic (exact) mass is 370 g/mol. The Morgan fingerprint density at radius 1 is 1.23 bits per heavy atom. The van der Waals surface area contributed by atoms with E-state index in [1.165, 1.54) is 23.9 Å². The number of benzene rings is 1. The molecule has 2 heterocycles. The number of carbonyl (C=O) groups is 1.